The molecule has 0 aromatic heterocycles. The second kappa shape index (κ2) is 12.1. The van der Waals surface area contributed by atoms with Gasteiger partial charge in [-0.25, -0.2) is 4.99 Å². The zero-order chi connectivity index (χ0) is 24.6. The molecule has 1 fully saturated rings. The maximum atomic E-state index is 10.9. The van der Waals surface area contributed by atoms with Crippen molar-refractivity contribution in [1.82, 2.24) is 10.2 Å². The summed E-state index contributed by atoms with van der Waals surface area (Å²) in [6.45, 7) is 2.49. The lowest BCUT2D eigenvalue weighted by Crippen LogP contribution is -2.42. The molecule has 7 nitrogen and oxygen atoms in total. The molecule has 1 saturated heterocycles. The summed E-state index contributed by atoms with van der Waals surface area (Å²) in [5.74, 6) is 0.751. The molecule has 0 aliphatic carbocycles. The maximum absolute atomic E-state index is 10.9. The van der Waals surface area contributed by atoms with Crippen molar-refractivity contribution < 1.29 is 5.11 Å². The Hall–Kier alpha value is -2.97. The predicted molar refractivity (Wildman–Crippen MR) is 146 cm³/mol. The van der Waals surface area contributed by atoms with Gasteiger partial charge in [-0.3, -0.25) is 5.32 Å². The van der Waals surface area contributed by atoms with Gasteiger partial charge in [0.2, 0.25) is 0 Å². The number of rotatable bonds is 6. The van der Waals surface area contributed by atoms with Crippen molar-refractivity contribution >= 4 is 22.9 Å². The number of piperidine rings is 1. The van der Waals surface area contributed by atoms with E-state index in [9.17, 15) is 5.11 Å². The van der Waals surface area contributed by atoms with Gasteiger partial charge < -0.3 is 26.8 Å². The molecular formula is C28H38N6O. The van der Waals surface area contributed by atoms with E-state index in [1.807, 2.05) is 42.5 Å². The molecule has 7 N–H and O–H groups in total. The smallest absolute Gasteiger partial charge is 0.131 e. The molecule has 35 heavy (non-hydrogen) atoms. The minimum Gasteiger partial charge on any atom is -0.398 e. The molecule has 2 aromatic carbocycles. The molecule has 7 heteroatoms. The van der Waals surface area contributed by atoms with Crippen LogP contribution in [0.3, 0.4) is 0 Å². The Morgan fingerprint density at radius 2 is 1.97 bits per heavy atom. The van der Waals surface area contributed by atoms with Crippen molar-refractivity contribution in [3.63, 3.8) is 0 Å². The van der Waals surface area contributed by atoms with Gasteiger partial charge in [-0.05, 0) is 93.7 Å². The fourth-order valence-corrected chi connectivity index (χ4v) is 4.51. The van der Waals surface area contributed by atoms with Crippen LogP contribution < -0.4 is 22.1 Å². The summed E-state index contributed by atoms with van der Waals surface area (Å²) in [6, 6.07) is 14.1. The van der Waals surface area contributed by atoms with Crippen LogP contribution in [0.2, 0.25) is 0 Å². The number of nitrogens with one attached hydrogen (secondary N) is 2. The van der Waals surface area contributed by atoms with Crippen molar-refractivity contribution in [3.05, 3.63) is 77.4 Å². The molecule has 1 atom stereocenters. The van der Waals surface area contributed by atoms with E-state index >= 15 is 0 Å². The van der Waals surface area contributed by atoms with E-state index in [0.717, 1.165) is 79.1 Å². The molecule has 0 spiro atoms. The zero-order valence-electron chi connectivity index (χ0n) is 20.6. The van der Waals surface area contributed by atoms with Gasteiger partial charge in [0, 0.05) is 29.5 Å². The fraction of sp³-hybridized carbons (Fsp3) is 0.393. The Kier molecular flexibility index (Phi) is 8.71. The minimum atomic E-state index is -0.703. The van der Waals surface area contributed by atoms with Crippen LogP contribution in [0.4, 0.5) is 11.4 Å². The van der Waals surface area contributed by atoms with Gasteiger partial charge in [0.25, 0.3) is 0 Å². The highest BCUT2D eigenvalue weighted by Crippen LogP contribution is 2.24. The molecular weight excluding hydrogens is 436 g/mol. The standard InChI is InChI=1S/C28H38N6O/c1-34-15-13-23(14-16-34)32-28(35)21-8-6-7-20(17-21)26-9-4-2-3-5-10-27(33-26)31-24-11-12-25(30)22(18-24)19-29/h5-12,17-18,23,28,32,35H,2-4,13-16,19,29-30H2,1H3,(H,31,33)/b10-5-,26-9?. The number of aliphatic hydroxyl groups is 1. The maximum Gasteiger partial charge on any atom is 0.131 e. The molecule has 0 bridgehead atoms. The van der Waals surface area contributed by atoms with Gasteiger partial charge in [0.05, 0.1) is 5.70 Å². The lowest BCUT2D eigenvalue weighted by Gasteiger charge is -2.31. The van der Waals surface area contributed by atoms with Crippen LogP contribution in [0.25, 0.3) is 5.70 Å². The van der Waals surface area contributed by atoms with E-state index in [-0.39, 0.29) is 0 Å². The Morgan fingerprint density at radius 3 is 2.77 bits per heavy atom. The molecule has 0 saturated carbocycles. The molecule has 2 aliphatic heterocycles. The number of aliphatic imine (C=N–C) groups is 1. The Bertz CT molecular complexity index is 1080. The summed E-state index contributed by atoms with van der Waals surface area (Å²) in [7, 11) is 2.14. The van der Waals surface area contributed by atoms with Crippen molar-refractivity contribution in [2.75, 3.05) is 31.2 Å². The average Bonchev–Trinajstić information content (AvgIpc) is 2.99. The lowest BCUT2D eigenvalue weighted by molar-refractivity contribution is 0.104. The van der Waals surface area contributed by atoms with E-state index in [2.05, 4.69) is 40.8 Å². The van der Waals surface area contributed by atoms with E-state index in [4.69, 9.17) is 16.5 Å². The summed E-state index contributed by atoms with van der Waals surface area (Å²) < 4.78 is 0. The first kappa shape index (κ1) is 25.1. The van der Waals surface area contributed by atoms with Gasteiger partial charge in [0.1, 0.15) is 12.1 Å². The molecule has 2 heterocycles. The van der Waals surface area contributed by atoms with E-state index in [1.165, 1.54) is 0 Å². The fourth-order valence-electron chi connectivity index (χ4n) is 4.51. The third-order valence-corrected chi connectivity index (χ3v) is 6.67. The molecule has 0 radical (unpaired) electrons. The molecule has 186 valence electrons. The quantitative estimate of drug-likeness (QED) is 0.320. The largest absolute Gasteiger partial charge is 0.398 e. The molecule has 0 amide bonds. The van der Waals surface area contributed by atoms with Gasteiger partial charge in [-0.15, -0.1) is 0 Å². The summed E-state index contributed by atoms with van der Waals surface area (Å²) in [4.78, 5) is 7.30. The topological polar surface area (TPSA) is 112 Å². The van der Waals surface area contributed by atoms with Crippen LogP contribution in [-0.2, 0) is 6.54 Å². The molecule has 1 unspecified atom stereocenters. The SMILES string of the molecule is CN1CCC(NC(O)c2cccc(C3=CCCC/C=C\C(Nc4ccc(N)c(CN)c4)=N3)c2)CC1. The van der Waals surface area contributed by atoms with Crippen LogP contribution in [-0.4, -0.2) is 42.0 Å². The number of hydrogen-bond donors (Lipinski definition) is 5. The summed E-state index contributed by atoms with van der Waals surface area (Å²) in [6.07, 6.45) is 10.7. The van der Waals surface area contributed by atoms with Gasteiger partial charge >= 0.3 is 0 Å². The molecule has 2 aliphatic rings. The third-order valence-electron chi connectivity index (χ3n) is 6.67. The van der Waals surface area contributed by atoms with Crippen LogP contribution in [0.5, 0.6) is 0 Å². The third kappa shape index (κ3) is 7.02. The summed E-state index contributed by atoms with van der Waals surface area (Å²) in [5, 5.41) is 17.7. The highest BCUT2D eigenvalue weighted by atomic mass is 16.3. The first-order chi connectivity index (χ1) is 17.0. The van der Waals surface area contributed by atoms with Gasteiger partial charge in [-0.1, -0.05) is 30.4 Å². The second-order valence-corrected chi connectivity index (χ2v) is 9.43. The number of hydrogen-bond acceptors (Lipinski definition) is 7. The number of benzene rings is 2. The highest BCUT2D eigenvalue weighted by molar-refractivity contribution is 6.06. The number of amidine groups is 1. The van der Waals surface area contributed by atoms with E-state index in [1.54, 1.807) is 0 Å². The summed E-state index contributed by atoms with van der Waals surface area (Å²) in [5.41, 5.74) is 17.1. The number of nitrogen functional groups attached to an aromatic ring is 1. The number of nitrogens with two attached hydrogens (primary N) is 2. The highest BCUT2D eigenvalue weighted by Gasteiger charge is 2.20. The van der Waals surface area contributed by atoms with Crippen LogP contribution in [0, 0.1) is 0 Å². The monoisotopic (exact) mass is 474 g/mol. The Morgan fingerprint density at radius 1 is 1.14 bits per heavy atom. The molecule has 2 aromatic rings. The van der Waals surface area contributed by atoms with E-state index in [0.29, 0.717) is 18.3 Å². The van der Waals surface area contributed by atoms with Crippen LogP contribution >= 0.6 is 0 Å². The first-order valence-electron chi connectivity index (χ1n) is 12.6. The minimum absolute atomic E-state index is 0.325. The number of allylic oxidation sites excluding steroid dienone is 2. The van der Waals surface area contributed by atoms with Crippen molar-refractivity contribution in [3.8, 4) is 0 Å². The van der Waals surface area contributed by atoms with Crippen molar-refractivity contribution in [2.45, 2.75) is 50.9 Å². The van der Waals surface area contributed by atoms with Crippen molar-refractivity contribution in [1.29, 1.82) is 0 Å². The lowest BCUT2D eigenvalue weighted by atomic mass is 10.0. The second-order valence-electron chi connectivity index (χ2n) is 9.43. The Balaban J connectivity index is 1.55. The zero-order valence-corrected chi connectivity index (χ0v) is 20.6. The van der Waals surface area contributed by atoms with Gasteiger partial charge in [0.15, 0.2) is 0 Å². The van der Waals surface area contributed by atoms with E-state index < -0.39 is 6.23 Å². The Labute approximate surface area is 208 Å². The van der Waals surface area contributed by atoms with Crippen LogP contribution in [0.1, 0.15) is 55.0 Å². The van der Waals surface area contributed by atoms with Crippen molar-refractivity contribution in [2.24, 2.45) is 10.7 Å². The normalized spacial score (nSPS) is 19.6. The number of anilines is 2. The predicted octanol–water partition coefficient (Wildman–Crippen LogP) is 3.99. The van der Waals surface area contributed by atoms with Gasteiger partial charge in [-0.2, -0.15) is 0 Å². The number of likely N-dealkylation sites (tertiary alicyclic amines) is 1. The number of aliphatic hydroxyl groups excluding tert-OH is 1. The average molecular weight is 475 g/mol. The number of nitrogens with zero attached hydrogens (tertiary/aromatic N) is 2. The summed E-state index contributed by atoms with van der Waals surface area (Å²) >= 11 is 0. The van der Waals surface area contributed by atoms with Crippen LogP contribution in [0.15, 0.2) is 65.7 Å². The molecule has 4 rings (SSSR count). The first-order valence-corrected chi connectivity index (χ1v) is 12.6.